The highest BCUT2D eigenvalue weighted by atomic mass is 32.2. The number of hydrogen-bond donors (Lipinski definition) is 1. The molecule has 0 amide bonds. The van der Waals surface area contributed by atoms with Crippen LogP contribution in [-0.2, 0) is 0 Å². The normalized spacial score (nSPS) is 50.2. The molecule has 0 bridgehead atoms. The van der Waals surface area contributed by atoms with Gasteiger partial charge in [0, 0.05) is 5.25 Å². The molecule has 1 saturated carbocycles. The Morgan fingerprint density at radius 1 is 1.06 bits per heavy atom. The van der Waals surface area contributed by atoms with E-state index in [1.54, 1.807) is 0 Å². The van der Waals surface area contributed by atoms with E-state index in [0.717, 1.165) is 18.3 Å². The second-order valence-corrected chi connectivity index (χ2v) is 7.67. The molecule has 2 fully saturated rings. The van der Waals surface area contributed by atoms with Gasteiger partial charge >= 0.3 is 0 Å². The maximum absolute atomic E-state index is 11.0. The third kappa shape index (κ3) is 2.43. The fourth-order valence-corrected chi connectivity index (χ4v) is 5.12. The summed E-state index contributed by atoms with van der Waals surface area (Å²) in [5, 5.41) is 11.4. The van der Waals surface area contributed by atoms with Crippen molar-refractivity contribution in [3.63, 3.8) is 0 Å². The van der Waals surface area contributed by atoms with E-state index in [1.807, 2.05) is 11.8 Å². The van der Waals surface area contributed by atoms with Gasteiger partial charge in [-0.1, -0.05) is 20.8 Å². The minimum Gasteiger partial charge on any atom is -0.388 e. The summed E-state index contributed by atoms with van der Waals surface area (Å²) in [4.78, 5) is 0. The number of thioether (sulfide) groups is 1. The van der Waals surface area contributed by atoms with Crippen molar-refractivity contribution in [2.45, 2.75) is 63.7 Å². The number of hydrogen-bond acceptors (Lipinski definition) is 2. The zero-order valence-electron chi connectivity index (χ0n) is 10.9. The van der Waals surface area contributed by atoms with Crippen LogP contribution in [0.1, 0.15) is 52.9 Å². The molecule has 16 heavy (non-hydrogen) atoms. The van der Waals surface area contributed by atoms with Crippen molar-refractivity contribution in [1.82, 2.24) is 0 Å². The lowest BCUT2D eigenvalue weighted by Gasteiger charge is -2.47. The van der Waals surface area contributed by atoms with Crippen molar-refractivity contribution in [3.05, 3.63) is 0 Å². The minimum atomic E-state index is -0.369. The first-order chi connectivity index (χ1) is 7.52. The molecule has 0 aromatic rings. The van der Waals surface area contributed by atoms with E-state index >= 15 is 0 Å². The summed E-state index contributed by atoms with van der Waals surface area (Å²) in [5.41, 5.74) is -0.369. The third-order valence-electron chi connectivity index (χ3n) is 4.68. The Morgan fingerprint density at radius 2 is 1.69 bits per heavy atom. The molecule has 1 saturated heterocycles. The summed E-state index contributed by atoms with van der Waals surface area (Å²) in [6, 6.07) is 0. The number of aliphatic hydroxyl groups is 1. The van der Waals surface area contributed by atoms with Crippen LogP contribution >= 0.6 is 11.8 Å². The van der Waals surface area contributed by atoms with E-state index in [1.165, 1.54) is 31.4 Å². The molecule has 1 aliphatic heterocycles. The molecular formula is C14H26OS. The molecule has 1 N–H and O–H groups in total. The van der Waals surface area contributed by atoms with Crippen LogP contribution in [-0.4, -0.2) is 21.7 Å². The van der Waals surface area contributed by atoms with Crippen molar-refractivity contribution >= 4 is 11.8 Å². The Kier molecular flexibility index (Phi) is 3.90. The zero-order valence-corrected chi connectivity index (χ0v) is 11.7. The van der Waals surface area contributed by atoms with Gasteiger partial charge < -0.3 is 5.11 Å². The van der Waals surface area contributed by atoms with Gasteiger partial charge in [0.25, 0.3) is 0 Å². The van der Waals surface area contributed by atoms with Crippen LogP contribution in [0.25, 0.3) is 0 Å². The lowest BCUT2D eigenvalue weighted by molar-refractivity contribution is -0.0557. The Morgan fingerprint density at radius 3 is 2.25 bits per heavy atom. The molecule has 1 nitrogen and oxygen atoms in total. The van der Waals surface area contributed by atoms with Crippen LogP contribution < -0.4 is 0 Å². The Bertz CT molecular complexity index is 233. The van der Waals surface area contributed by atoms with Crippen LogP contribution in [0.5, 0.6) is 0 Å². The highest BCUT2D eigenvalue weighted by Crippen LogP contribution is 2.46. The molecule has 0 spiro atoms. The first kappa shape index (κ1) is 12.8. The van der Waals surface area contributed by atoms with E-state index in [9.17, 15) is 5.11 Å². The molecule has 2 rings (SSSR count). The second kappa shape index (κ2) is 4.89. The molecular weight excluding hydrogens is 216 g/mol. The van der Waals surface area contributed by atoms with Gasteiger partial charge in [-0.2, -0.15) is 11.8 Å². The minimum absolute atomic E-state index is 0.369. The van der Waals surface area contributed by atoms with Crippen molar-refractivity contribution in [2.75, 3.05) is 5.75 Å². The predicted octanol–water partition coefficient (Wildman–Crippen LogP) is 3.71. The van der Waals surface area contributed by atoms with Crippen LogP contribution in [0, 0.1) is 17.8 Å². The molecule has 0 aromatic heterocycles. The summed E-state index contributed by atoms with van der Waals surface area (Å²) >= 11 is 1.97. The van der Waals surface area contributed by atoms with E-state index in [4.69, 9.17) is 0 Å². The van der Waals surface area contributed by atoms with Crippen LogP contribution in [0.3, 0.4) is 0 Å². The summed E-state index contributed by atoms with van der Waals surface area (Å²) in [6.45, 7) is 6.94. The van der Waals surface area contributed by atoms with Gasteiger partial charge in [0.1, 0.15) is 0 Å². The van der Waals surface area contributed by atoms with Crippen LogP contribution in [0.15, 0.2) is 0 Å². The zero-order chi connectivity index (χ0) is 11.8. The van der Waals surface area contributed by atoms with Crippen molar-refractivity contribution < 1.29 is 5.11 Å². The third-order valence-corrected chi connectivity index (χ3v) is 6.11. The molecule has 4 atom stereocenters. The molecule has 0 radical (unpaired) electrons. The molecule has 2 aliphatic rings. The number of rotatable bonds is 1. The largest absolute Gasteiger partial charge is 0.388 e. The SMILES string of the molecule is CC1CC(C)CC(C2(O)CCCSC2C)C1. The van der Waals surface area contributed by atoms with E-state index in [2.05, 4.69) is 20.8 Å². The summed E-state index contributed by atoms with van der Waals surface area (Å²) in [5.74, 6) is 3.39. The van der Waals surface area contributed by atoms with Crippen LogP contribution in [0.2, 0.25) is 0 Å². The van der Waals surface area contributed by atoms with Gasteiger partial charge in [0.2, 0.25) is 0 Å². The first-order valence-corrected chi connectivity index (χ1v) is 7.91. The van der Waals surface area contributed by atoms with Gasteiger partial charge in [0.15, 0.2) is 0 Å². The fourth-order valence-electron chi connectivity index (χ4n) is 3.85. The Hall–Kier alpha value is 0.310. The maximum Gasteiger partial charge on any atom is 0.0791 e. The average Bonchev–Trinajstić information content (AvgIpc) is 2.21. The van der Waals surface area contributed by atoms with Crippen molar-refractivity contribution in [3.8, 4) is 0 Å². The quantitative estimate of drug-likeness (QED) is 0.756. The van der Waals surface area contributed by atoms with Crippen molar-refractivity contribution in [1.29, 1.82) is 0 Å². The van der Waals surface area contributed by atoms with Crippen molar-refractivity contribution in [2.24, 2.45) is 17.8 Å². The van der Waals surface area contributed by atoms with Gasteiger partial charge in [0.05, 0.1) is 5.60 Å². The molecule has 4 unspecified atom stereocenters. The van der Waals surface area contributed by atoms with E-state index in [0.29, 0.717) is 11.2 Å². The maximum atomic E-state index is 11.0. The summed E-state index contributed by atoms with van der Waals surface area (Å²) in [6.07, 6.45) is 6.07. The lowest BCUT2D eigenvalue weighted by atomic mass is 9.67. The molecule has 94 valence electrons. The Labute approximate surface area is 104 Å². The smallest absolute Gasteiger partial charge is 0.0791 e. The molecule has 2 heteroatoms. The highest BCUT2D eigenvalue weighted by Gasteiger charge is 2.45. The monoisotopic (exact) mass is 242 g/mol. The second-order valence-electron chi connectivity index (χ2n) is 6.22. The standard InChI is InChI=1S/C14H26OS/c1-10-7-11(2)9-13(8-10)14(15)5-4-6-16-12(14)3/h10-13,15H,4-9H2,1-3H3. The Balaban J connectivity index is 2.09. The highest BCUT2D eigenvalue weighted by molar-refractivity contribution is 8.00. The molecule has 0 aromatic carbocycles. The van der Waals surface area contributed by atoms with Crippen LogP contribution in [0.4, 0.5) is 0 Å². The van der Waals surface area contributed by atoms with E-state index < -0.39 is 0 Å². The summed E-state index contributed by atoms with van der Waals surface area (Å²) < 4.78 is 0. The average molecular weight is 242 g/mol. The summed E-state index contributed by atoms with van der Waals surface area (Å²) in [7, 11) is 0. The topological polar surface area (TPSA) is 20.2 Å². The van der Waals surface area contributed by atoms with E-state index in [-0.39, 0.29) is 5.60 Å². The first-order valence-electron chi connectivity index (χ1n) is 6.86. The van der Waals surface area contributed by atoms with Gasteiger partial charge in [-0.25, -0.2) is 0 Å². The lowest BCUT2D eigenvalue weighted by Crippen LogP contribution is -2.50. The molecule has 1 heterocycles. The predicted molar refractivity (Wildman–Crippen MR) is 71.8 cm³/mol. The molecule has 1 aliphatic carbocycles. The fraction of sp³-hybridized carbons (Fsp3) is 1.00. The van der Waals surface area contributed by atoms with Gasteiger partial charge in [-0.05, 0) is 55.6 Å². The van der Waals surface area contributed by atoms with Gasteiger partial charge in [-0.15, -0.1) is 0 Å². The van der Waals surface area contributed by atoms with Gasteiger partial charge in [-0.3, -0.25) is 0 Å².